The van der Waals surface area contributed by atoms with E-state index >= 15 is 0 Å². The summed E-state index contributed by atoms with van der Waals surface area (Å²) in [5, 5.41) is 10.9. The van der Waals surface area contributed by atoms with Crippen LogP contribution in [0, 0.1) is 47.2 Å². The third-order valence-corrected chi connectivity index (χ3v) is 11.0. The van der Waals surface area contributed by atoms with Crippen molar-refractivity contribution in [3.05, 3.63) is 59.3 Å². The number of fused-ring (bicyclic) bond motifs is 5. The zero-order valence-corrected chi connectivity index (χ0v) is 26.7. The number of allylic oxidation sites excluding steroid dienone is 3. The monoisotopic (exact) mass is 612 g/mol. The predicted octanol–water partition coefficient (Wildman–Crippen LogP) is 6.70. The Hall–Kier alpha value is -2.71. The first kappa shape index (κ1) is 32.7. The van der Waals surface area contributed by atoms with Crippen molar-refractivity contribution < 1.29 is 38.0 Å². The smallest absolute Gasteiger partial charge is 0.306 e. The van der Waals surface area contributed by atoms with E-state index in [9.17, 15) is 19.1 Å². The van der Waals surface area contributed by atoms with Crippen LogP contribution in [0.15, 0.2) is 47.9 Å². The number of rotatable bonds is 7. The molecule has 1 aliphatic heterocycles. The maximum absolute atomic E-state index is 14.4. The summed E-state index contributed by atoms with van der Waals surface area (Å²) < 4.78 is 36.9. The van der Waals surface area contributed by atoms with Crippen LogP contribution in [0.3, 0.4) is 0 Å². The Balaban J connectivity index is 1.51. The Kier molecular flexibility index (Phi) is 10.5. The second-order valence-electron chi connectivity index (χ2n) is 13.4. The number of hydrogen-bond donors (Lipinski definition) is 1. The van der Waals surface area contributed by atoms with Gasteiger partial charge in [-0.1, -0.05) is 44.6 Å². The number of cyclic esters (lactones) is 1. The van der Waals surface area contributed by atoms with E-state index in [-0.39, 0.29) is 89.3 Å². The quantitative estimate of drug-likeness (QED) is 0.159. The first-order valence-electron chi connectivity index (χ1n) is 16.5. The van der Waals surface area contributed by atoms with Gasteiger partial charge in [-0.2, -0.15) is 0 Å². The average Bonchev–Trinajstić information content (AvgIpc) is 3.56. The van der Waals surface area contributed by atoms with Crippen LogP contribution < -0.4 is 0 Å². The van der Waals surface area contributed by atoms with Crippen molar-refractivity contribution in [3.8, 4) is 0 Å². The number of Topliss-reactive ketones (excluding diaryl/α,β-unsaturated/α-hetero) is 1. The highest BCUT2D eigenvalue weighted by Crippen LogP contribution is 2.62. The summed E-state index contributed by atoms with van der Waals surface area (Å²) in [6.07, 6.45) is 8.73. The number of halogens is 1. The second kappa shape index (κ2) is 14.2. The van der Waals surface area contributed by atoms with Crippen LogP contribution in [0.25, 0.3) is 0 Å². The fourth-order valence-corrected chi connectivity index (χ4v) is 8.79. The van der Waals surface area contributed by atoms with Gasteiger partial charge in [-0.25, -0.2) is 4.39 Å². The van der Waals surface area contributed by atoms with E-state index in [2.05, 4.69) is 19.1 Å². The molecule has 0 bridgehead atoms. The third-order valence-electron chi connectivity index (χ3n) is 11.0. The van der Waals surface area contributed by atoms with Gasteiger partial charge >= 0.3 is 5.97 Å². The van der Waals surface area contributed by atoms with E-state index in [1.807, 2.05) is 19.1 Å². The lowest BCUT2D eigenvalue weighted by Crippen LogP contribution is -2.33. The lowest BCUT2D eigenvalue weighted by molar-refractivity contribution is -0.152. The van der Waals surface area contributed by atoms with Crippen molar-refractivity contribution in [3.63, 3.8) is 0 Å². The van der Waals surface area contributed by atoms with Crippen molar-refractivity contribution in [1.29, 1.82) is 0 Å². The summed E-state index contributed by atoms with van der Waals surface area (Å²) in [6.45, 7) is 5.80. The molecule has 11 atom stereocenters. The van der Waals surface area contributed by atoms with Crippen LogP contribution in [0.1, 0.15) is 83.6 Å². The number of aliphatic hydroxyl groups is 1. The molecule has 4 aliphatic rings. The van der Waals surface area contributed by atoms with Crippen molar-refractivity contribution in [2.45, 2.75) is 96.6 Å². The topological polar surface area (TPSA) is 91.3 Å². The molecular weight excluding hydrogens is 563 g/mol. The minimum absolute atomic E-state index is 0.00291. The average molecular weight is 613 g/mol. The van der Waals surface area contributed by atoms with Crippen molar-refractivity contribution in [2.75, 3.05) is 14.2 Å². The lowest BCUT2D eigenvalue weighted by atomic mass is 9.67. The molecule has 0 spiro atoms. The van der Waals surface area contributed by atoms with Crippen LogP contribution in [0.2, 0.25) is 0 Å². The van der Waals surface area contributed by atoms with E-state index in [1.54, 1.807) is 6.92 Å². The summed E-state index contributed by atoms with van der Waals surface area (Å²) in [4.78, 5) is 27.9. The van der Waals surface area contributed by atoms with Gasteiger partial charge < -0.3 is 24.1 Å². The molecule has 44 heavy (non-hydrogen) atoms. The van der Waals surface area contributed by atoms with Crippen LogP contribution in [-0.4, -0.2) is 49.6 Å². The molecule has 1 heterocycles. The molecule has 4 unspecified atom stereocenters. The van der Waals surface area contributed by atoms with Gasteiger partial charge in [0.05, 0.1) is 20.3 Å². The summed E-state index contributed by atoms with van der Waals surface area (Å²) in [5.74, 6) is -0.106. The number of ether oxygens (including phenoxy) is 4. The molecule has 7 nitrogen and oxygen atoms in total. The Morgan fingerprint density at radius 1 is 1.02 bits per heavy atom. The van der Waals surface area contributed by atoms with Gasteiger partial charge in [0, 0.05) is 18.3 Å². The minimum atomic E-state index is -1.26. The van der Waals surface area contributed by atoms with Gasteiger partial charge in [0.1, 0.15) is 23.5 Å². The SMILES string of the molecule is CC[C@H]1CCCC[C@@H](C)C(=O)C2C(c3ccc(F)cc3)C3[C@@H]4C[C@H](O[C@H](O)/C(OC)=C(/C)OC)CC4C=C[C@H]3[C@@H]2CC(=O)O1. The number of carbonyl (C=O) groups is 2. The number of ketones is 1. The van der Waals surface area contributed by atoms with Crippen LogP contribution in [0.4, 0.5) is 4.39 Å². The number of methoxy groups -OCH3 is 2. The first-order chi connectivity index (χ1) is 21.2. The van der Waals surface area contributed by atoms with E-state index in [4.69, 9.17) is 18.9 Å². The number of esters is 1. The van der Waals surface area contributed by atoms with Gasteiger partial charge in [0.25, 0.3) is 0 Å². The van der Waals surface area contributed by atoms with Gasteiger partial charge in [-0.15, -0.1) is 0 Å². The fourth-order valence-electron chi connectivity index (χ4n) is 8.79. The molecule has 3 fully saturated rings. The number of aliphatic hydroxyl groups excluding tert-OH is 1. The second-order valence-corrected chi connectivity index (χ2v) is 13.4. The Morgan fingerprint density at radius 3 is 2.43 bits per heavy atom. The molecule has 0 amide bonds. The minimum Gasteiger partial charge on any atom is -0.498 e. The molecule has 1 aromatic rings. The van der Waals surface area contributed by atoms with Crippen molar-refractivity contribution in [2.24, 2.45) is 41.4 Å². The zero-order valence-electron chi connectivity index (χ0n) is 26.7. The maximum Gasteiger partial charge on any atom is 0.306 e. The van der Waals surface area contributed by atoms with Crippen LogP contribution in [0.5, 0.6) is 0 Å². The summed E-state index contributed by atoms with van der Waals surface area (Å²) >= 11 is 0. The Morgan fingerprint density at radius 2 is 1.75 bits per heavy atom. The molecule has 3 aliphatic carbocycles. The van der Waals surface area contributed by atoms with Gasteiger partial charge in [-0.3, -0.25) is 9.59 Å². The van der Waals surface area contributed by atoms with Crippen molar-refractivity contribution >= 4 is 11.8 Å². The molecule has 8 heteroatoms. The van der Waals surface area contributed by atoms with E-state index in [0.29, 0.717) is 12.2 Å². The summed E-state index contributed by atoms with van der Waals surface area (Å²) in [5.41, 5.74) is 0.945. The van der Waals surface area contributed by atoms with Crippen LogP contribution >= 0.6 is 0 Å². The van der Waals surface area contributed by atoms with E-state index in [1.165, 1.54) is 26.4 Å². The first-order valence-corrected chi connectivity index (χ1v) is 16.5. The highest BCUT2D eigenvalue weighted by atomic mass is 19.1. The largest absolute Gasteiger partial charge is 0.498 e. The van der Waals surface area contributed by atoms with Gasteiger partial charge in [0.15, 0.2) is 5.76 Å². The highest BCUT2D eigenvalue weighted by molar-refractivity contribution is 5.86. The lowest BCUT2D eigenvalue weighted by Gasteiger charge is -2.37. The standard InChI is InChI=1S/C36H49FO7/c1-6-25-10-8-7-9-20(2)34(39)33-29(19-30(38)43-25)27-16-13-23-17-26(44-36(40)35(42-5)21(3)41-4)18-28(23)32(27)31(33)22-11-14-24(37)15-12-22/h11-16,20,23,25-29,31-33,36,40H,6-10,17-19H2,1-5H3/b35-21+/t20-,23?,25+,26-,27+,28-,29+,31?,32?,33?,36+/m1/s1. The fraction of sp³-hybridized carbons (Fsp3) is 0.667. The number of carbonyl (C=O) groups excluding carboxylic acids is 2. The van der Waals surface area contributed by atoms with Crippen molar-refractivity contribution in [1.82, 2.24) is 0 Å². The summed E-state index contributed by atoms with van der Waals surface area (Å²) in [6, 6.07) is 6.60. The molecule has 1 aromatic carbocycles. The third kappa shape index (κ3) is 6.62. The normalized spacial score (nSPS) is 37.0. The molecule has 5 rings (SSSR count). The number of hydrogen-bond acceptors (Lipinski definition) is 7. The molecule has 242 valence electrons. The molecule has 0 aromatic heterocycles. The molecule has 2 saturated carbocycles. The van der Waals surface area contributed by atoms with Crippen LogP contribution in [-0.2, 0) is 28.5 Å². The predicted molar refractivity (Wildman–Crippen MR) is 163 cm³/mol. The highest BCUT2D eigenvalue weighted by Gasteiger charge is 2.59. The molecular formula is C36H49FO7. The summed E-state index contributed by atoms with van der Waals surface area (Å²) in [7, 11) is 2.99. The van der Waals surface area contributed by atoms with E-state index < -0.39 is 6.29 Å². The van der Waals surface area contributed by atoms with E-state index in [0.717, 1.165) is 44.1 Å². The Labute approximate surface area is 261 Å². The van der Waals surface area contributed by atoms with Gasteiger partial charge in [-0.05, 0) is 98.7 Å². The molecule has 1 N–H and O–H groups in total. The van der Waals surface area contributed by atoms with Gasteiger partial charge in [0.2, 0.25) is 6.29 Å². The zero-order chi connectivity index (χ0) is 31.5. The molecule has 1 saturated heterocycles. The maximum atomic E-state index is 14.4. The molecule has 0 radical (unpaired) electrons. The number of benzene rings is 1. The Bertz CT molecular complexity index is 1230.